The first-order chi connectivity index (χ1) is 8.25. The number of benzene rings is 1. The van der Waals surface area contributed by atoms with Gasteiger partial charge in [-0.05, 0) is 37.1 Å². The van der Waals surface area contributed by atoms with Gasteiger partial charge in [0.1, 0.15) is 0 Å². The predicted molar refractivity (Wildman–Crippen MR) is 72.8 cm³/mol. The summed E-state index contributed by atoms with van der Waals surface area (Å²) < 4.78 is 1.91. The third-order valence-electron chi connectivity index (χ3n) is 3.40. The lowest BCUT2D eigenvalue weighted by atomic mass is 10.2. The van der Waals surface area contributed by atoms with E-state index in [1.165, 1.54) is 24.2 Å². The highest BCUT2D eigenvalue weighted by Crippen LogP contribution is 2.28. The van der Waals surface area contributed by atoms with Gasteiger partial charge in [0.15, 0.2) is 0 Å². The van der Waals surface area contributed by atoms with Gasteiger partial charge in [-0.25, -0.2) is 4.79 Å². The molecule has 0 radical (unpaired) electrons. The molecule has 1 aliphatic heterocycles. The van der Waals surface area contributed by atoms with E-state index in [4.69, 9.17) is 0 Å². The lowest BCUT2D eigenvalue weighted by molar-refractivity contribution is 0.635. The number of H-pyrrole nitrogens is 1. The Morgan fingerprint density at radius 2 is 2.41 bits per heavy atom. The van der Waals surface area contributed by atoms with Crippen molar-refractivity contribution in [1.82, 2.24) is 9.55 Å². The van der Waals surface area contributed by atoms with Crippen LogP contribution < -0.4 is 5.69 Å². The first-order valence-corrected chi connectivity index (χ1v) is 7.10. The number of hydrogen-bond acceptors (Lipinski definition) is 2. The number of nitrogens with one attached hydrogen (secondary N) is 1. The molecule has 1 N–H and O–H groups in total. The van der Waals surface area contributed by atoms with Crippen molar-refractivity contribution in [3.05, 3.63) is 34.2 Å². The molecule has 1 unspecified atom stereocenters. The summed E-state index contributed by atoms with van der Waals surface area (Å²) >= 11 is 1.99. The van der Waals surface area contributed by atoms with E-state index < -0.39 is 0 Å². The third-order valence-corrected chi connectivity index (χ3v) is 4.79. The summed E-state index contributed by atoms with van der Waals surface area (Å²) in [6.07, 6.45) is 2.51. The number of nitrogens with zero attached hydrogens (tertiary/aromatic N) is 1. The van der Waals surface area contributed by atoms with Crippen LogP contribution in [-0.4, -0.2) is 20.6 Å². The predicted octanol–water partition coefficient (Wildman–Crippen LogP) is 2.53. The van der Waals surface area contributed by atoms with Crippen molar-refractivity contribution in [2.75, 3.05) is 5.75 Å². The SMILES string of the molecule is Cc1cccc2[nH]c(=O)n(CC3CCCS3)c12. The Labute approximate surface area is 104 Å². The summed E-state index contributed by atoms with van der Waals surface area (Å²) in [5.74, 6) is 1.24. The molecule has 1 aromatic heterocycles. The number of aryl methyl sites for hydroxylation is 1. The average Bonchev–Trinajstić information content (AvgIpc) is 2.89. The number of rotatable bonds is 2. The van der Waals surface area contributed by atoms with Crippen LogP contribution in [0.5, 0.6) is 0 Å². The number of aromatic amines is 1. The first-order valence-electron chi connectivity index (χ1n) is 6.05. The van der Waals surface area contributed by atoms with Gasteiger partial charge in [0, 0.05) is 11.8 Å². The highest BCUT2D eigenvalue weighted by Gasteiger charge is 2.18. The summed E-state index contributed by atoms with van der Waals surface area (Å²) in [6.45, 7) is 2.91. The van der Waals surface area contributed by atoms with Gasteiger partial charge in [-0.1, -0.05) is 12.1 Å². The highest BCUT2D eigenvalue weighted by molar-refractivity contribution is 8.00. The Hall–Kier alpha value is -1.16. The van der Waals surface area contributed by atoms with Crippen LogP contribution >= 0.6 is 11.8 Å². The van der Waals surface area contributed by atoms with Crippen LogP contribution in [0, 0.1) is 6.92 Å². The Kier molecular flexibility index (Phi) is 2.74. The van der Waals surface area contributed by atoms with E-state index in [1.807, 2.05) is 28.5 Å². The minimum absolute atomic E-state index is 0.0294. The van der Waals surface area contributed by atoms with Crippen molar-refractivity contribution in [3.63, 3.8) is 0 Å². The van der Waals surface area contributed by atoms with Gasteiger partial charge in [0.25, 0.3) is 0 Å². The molecule has 0 bridgehead atoms. The lowest BCUT2D eigenvalue weighted by Crippen LogP contribution is -2.22. The van der Waals surface area contributed by atoms with Gasteiger partial charge in [-0.3, -0.25) is 4.57 Å². The fraction of sp³-hybridized carbons (Fsp3) is 0.462. The van der Waals surface area contributed by atoms with Gasteiger partial charge in [-0.15, -0.1) is 0 Å². The summed E-state index contributed by atoms with van der Waals surface area (Å²) in [6, 6.07) is 6.03. The maximum atomic E-state index is 12.0. The van der Waals surface area contributed by atoms with Gasteiger partial charge in [-0.2, -0.15) is 11.8 Å². The molecule has 1 saturated heterocycles. The van der Waals surface area contributed by atoms with Crippen molar-refractivity contribution >= 4 is 22.8 Å². The second kappa shape index (κ2) is 4.26. The topological polar surface area (TPSA) is 37.8 Å². The van der Waals surface area contributed by atoms with Gasteiger partial charge in [0.05, 0.1) is 11.0 Å². The second-order valence-electron chi connectivity index (χ2n) is 4.65. The van der Waals surface area contributed by atoms with E-state index in [9.17, 15) is 4.79 Å². The molecule has 0 saturated carbocycles. The summed E-state index contributed by atoms with van der Waals surface area (Å²) in [5, 5.41) is 0.603. The monoisotopic (exact) mass is 248 g/mol. The standard InChI is InChI=1S/C13H16N2OS/c1-9-4-2-6-11-12(9)15(13(16)14-11)8-10-5-3-7-17-10/h2,4,6,10H,3,5,7-8H2,1H3,(H,14,16). The Balaban J connectivity index is 2.08. The molecule has 0 aliphatic carbocycles. The van der Waals surface area contributed by atoms with E-state index in [2.05, 4.69) is 18.0 Å². The molecule has 3 nitrogen and oxygen atoms in total. The molecular weight excluding hydrogens is 232 g/mol. The normalized spacial score (nSPS) is 20.2. The molecule has 1 aromatic carbocycles. The van der Waals surface area contributed by atoms with Crippen LogP contribution in [0.4, 0.5) is 0 Å². The van der Waals surface area contributed by atoms with Crippen LogP contribution in [-0.2, 0) is 6.54 Å². The van der Waals surface area contributed by atoms with Crippen molar-refractivity contribution in [1.29, 1.82) is 0 Å². The number of hydrogen-bond donors (Lipinski definition) is 1. The molecule has 2 aromatic rings. The molecule has 2 heterocycles. The molecule has 1 atom stereocenters. The fourth-order valence-corrected chi connectivity index (χ4v) is 3.82. The fourth-order valence-electron chi connectivity index (χ4n) is 2.57. The van der Waals surface area contributed by atoms with E-state index >= 15 is 0 Å². The van der Waals surface area contributed by atoms with E-state index in [0.29, 0.717) is 5.25 Å². The van der Waals surface area contributed by atoms with Crippen molar-refractivity contribution in [3.8, 4) is 0 Å². The van der Waals surface area contributed by atoms with Crippen molar-refractivity contribution < 1.29 is 0 Å². The Morgan fingerprint density at radius 3 is 3.18 bits per heavy atom. The van der Waals surface area contributed by atoms with Gasteiger partial charge >= 0.3 is 5.69 Å². The summed E-state index contributed by atoms with van der Waals surface area (Å²) in [7, 11) is 0. The molecule has 1 aliphatic rings. The van der Waals surface area contributed by atoms with E-state index in [0.717, 1.165) is 17.6 Å². The highest BCUT2D eigenvalue weighted by atomic mass is 32.2. The Bertz CT molecular complexity index is 593. The number of fused-ring (bicyclic) bond motifs is 1. The van der Waals surface area contributed by atoms with Crippen LogP contribution in [0.1, 0.15) is 18.4 Å². The van der Waals surface area contributed by atoms with E-state index in [-0.39, 0.29) is 5.69 Å². The van der Waals surface area contributed by atoms with Gasteiger partial charge < -0.3 is 4.98 Å². The van der Waals surface area contributed by atoms with Crippen LogP contribution in [0.3, 0.4) is 0 Å². The third kappa shape index (κ3) is 1.90. The Morgan fingerprint density at radius 1 is 1.53 bits per heavy atom. The van der Waals surface area contributed by atoms with Crippen LogP contribution in [0.15, 0.2) is 23.0 Å². The minimum Gasteiger partial charge on any atom is -0.306 e. The molecule has 0 amide bonds. The summed E-state index contributed by atoms with van der Waals surface area (Å²) in [5.41, 5.74) is 3.23. The summed E-state index contributed by atoms with van der Waals surface area (Å²) in [4.78, 5) is 14.9. The maximum absolute atomic E-state index is 12.0. The number of aromatic nitrogens is 2. The second-order valence-corrected chi connectivity index (χ2v) is 6.06. The van der Waals surface area contributed by atoms with Crippen molar-refractivity contribution in [2.45, 2.75) is 31.6 Å². The number of imidazole rings is 1. The quantitative estimate of drug-likeness (QED) is 0.887. The molecular formula is C13H16N2OS. The molecule has 4 heteroatoms. The molecule has 90 valence electrons. The first kappa shape index (κ1) is 11.0. The zero-order chi connectivity index (χ0) is 11.8. The molecule has 1 fully saturated rings. The molecule has 3 rings (SSSR count). The van der Waals surface area contributed by atoms with Crippen LogP contribution in [0.2, 0.25) is 0 Å². The smallest absolute Gasteiger partial charge is 0.306 e. The van der Waals surface area contributed by atoms with Gasteiger partial charge in [0.2, 0.25) is 0 Å². The van der Waals surface area contributed by atoms with Crippen LogP contribution in [0.25, 0.3) is 11.0 Å². The number of para-hydroxylation sites is 1. The minimum atomic E-state index is 0.0294. The zero-order valence-corrected chi connectivity index (χ0v) is 10.7. The molecule has 0 spiro atoms. The largest absolute Gasteiger partial charge is 0.326 e. The maximum Gasteiger partial charge on any atom is 0.326 e. The molecule has 17 heavy (non-hydrogen) atoms. The average molecular weight is 248 g/mol. The zero-order valence-electron chi connectivity index (χ0n) is 9.90. The lowest BCUT2D eigenvalue weighted by Gasteiger charge is -2.10. The number of thioether (sulfide) groups is 1. The van der Waals surface area contributed by atoms with Crippen molar-refractivity contribution in [2.24, 2.45) is 0 Å². The van der Waals surface area contributed by atoms with E-state index in [1.54, 1.807) is 0 Å².